The van der Waals surface area contributed by atoms with Crippen molar-refractivity contribution < 1.29 is 14.6 Å². The highest BCUT2D eigenvalue weighted by Gasteiger charge is 2.50. The van der Waals surface area contributed by atoms with E-state index < -0.39 is 17.1 Å². The van der Waals surface area contributed by atoms with Crippen LogP contribution in [0.25, 0.3) is 0 Å². The molecule has 1 aromatic carbocycles. The van der Waals surface area contributed by atoms with Gasteiger partial charge in [-0.05, 0) is 35.4 Å². The van der Waals surface area contributed by atoms with E-state index in [9.17, 15) is 15.2 Å². The third kappa shape index (κ3) is 2.67. The number of hydrogen-bond donors (Lipinski definition) is 2. The Morgan fingerprint density at radius 3 is 2.73 bits per heavy atom. The van der Waals surface area contributed by atoms with Gasteiger partial charge in [0.1, 0.15) is 12.2 Å². The van der Waals surface area contributed by atoms with Crippen molar-refractivity contribution in [3.63, 3.8) is 0 Å². The molecule has 1 aromatic rings. The van der Waals surface area contributed by atoms with Crippen molar-refractivity contribution >= 4 is 6.09 Å². The van der Waals surface area contributed by atoms with Gasteiger partial charge in [0.25, 0.3) is 0 Å². The molecule has 0 fully saturated rings. The van der Waals surface area contributed by atoms with Gasteiger partial charge in [-0.3, -0.25) is 0 Å². The molecule has 1 aliphatic carbocycles. The lowest BCUT2D eigenvalue weighted by molar-refractivity contribution is -0.114. The van der Waals surface area contributed by atoms with E-state index in [4.69, 9.17) is 10.5 Å². The predicted molar refractivity (Wildman–Crippen MR) is 82.2 cm³/mol. The minimum absolute atomic E-state index is 0.160. The van der Waals surface area contributed by atoms with Gasteiger partial charge in [-0.2, -0.15) is 5.26 Å². The highest BCUT2D eigenvalue weighted by molar-refractivity contribution is 5.64. The standard InChI is InChI=1S/C17H22N2O3/c1-16(2,3)17(21,10-22-15(19)20)14-8-7-12-11(9-18)5-4-6-13(12)14/h4-6,14,21H,7-8,10H2,1-3H3,(H2,19,20)/t14?,17-/m0/s1. The van der Waals surface area contributed by atoms with Gasteiger partial charge >= 0.3 is 6.09 Å². The molecule has 2 atom stereocenters. The molecule has 3 N–H and O–H groups in total. The van der Waals surface area contributed by atoms with Crippen molar-refractivity contribution in [2.24, 2.45) is 11.1 Å². The maximum Gasteiger partial charge on any atom is 0.404 e. The monoisotopic (exact) mass is 302 g/mol. The van der Waals surface area contributed by atoms with Gasteiger partial charge in [-0.15, -0.1) is 0 Å². The van der Waals surface area contributed by atoms with Gasteiger partial charge in [-0.25, -0.2) is 4.79 Å². The van der Waals surface area contributed by atoms with Crippen LogP contribution in [0.15, 0.2) is 18.2 Å². The van der Waals surface area contributed by atoms with Crippen LogP contribution in [0, 0.1) is 16.7 Å². The molecule has 1 unspecified atom stereocenters. The molecule has 0 radical (unpaired) electrons. The summed E-state index contributed by atoms with van der Waals surface area (Å²) >= 11 is 0. The SMILES string of the molecule is CC(C)(C)[C@](O)(COC(N)=O)C1CCc2c(C#N)cccc21. The van der Waals surface area contributed by atoms with Gasteiger partial charge < -0.3 is 15.6 Å². The summed E-state index contributed by atoms with van der Waals surface area (Å²) in [4.78, 5) is 11.0. The van der Waals surface area contributed by atoms with Crippen molar-refractivity contribution in [1.29, 1.82) is 5.26 Å². The molecule has 1 amide bonds. The van der Waals surface area contributed by atoms with Gasteiger partial charge in [0.2, 0.25) is 0 Å². The molecular formula is C17H22N2O3. The summed E-state index contributed by atoms with van der Waals surface area (Å²) in [5.74, 6) is -0.199. The first-order valence-electron chi connectivity index (χ1n) is 7.37. The molecule has 22 heavy (non-hydrogen) atoms. The van der Waals surface area contributed by atoms with E-state index in [0.717, 1.165) is 17.5 Å². The average molecular weight is 302 g/mol. The fourth-order valence-corrected chi connectivity index (χ4v) is 3.28. The highest BCUT2D eigenvalue weighted by Crippen LogP contribution is 2.49. The summed E-state index contributed by atoms with van der Waals surface area (Å²) in [7, 11) is 0. The Morgan fingerprint density at radius 1 is 1.50 bits per heavy atom. The zero-order valence-corrected chi connectivity index (χ0v) is 13.2. The molecule has 0 aliphatic heterocycles. The number of carbonyl (C=O) groups is 1. The Morgan fingerprint density at radius 2 is 2.18 bits per heavy atom. The first-order chi connectivity index (χ1) is 10.2. The van der Waals surface area contributed by atoms with Crippen LogP contribution in [0.4, 0.5) is 4.79 Å². The summed E-state index contributed by atoms with van der Waals surface area (Å²) in [6.45, 7) is 5.56. The van der Waals surface area contributed by atoms with Gasteiger partial charge in [0, 0.05) is 5.92 Å². The van der Waals surface area contributed by atoms with E-state index in [1.807, 2.05) is 32.9 Å². The van der Waals surface area contributed by atoms with Crippen molar-refractivity contribution in [1.82, 2.24) is 0 Å². The zero-order valence-electron chi connectivity index (χ0n) is 13.2. The van der Waals surface area contributed by atoms with Crippen molar-refractivity contribution in [3.8, 4) is 6.07 Å². The minimum Gasteiger partial charge on any atom is -0.447 e. The van der Waals surface area contributed by atoms with Crippen LogP contribution >= 0.6 is 0 Å². The van der Waals surface area contributed by atoms with Crippen LogP contribution in [-0.4, -0.2) is 23.4 Å². The first kappa shape index (κ1) is 16.3. The largest absolute Gasteiger partial charge is 0.447 e. The summed E-state index contributed by atoms with van der Waals surface area (Å²) in [6.07, 6.45) is 0.550. The molecule has 118 valence electrons. The number of fused-ring (bicyclic) bond motifs is 1. The molecule has 5 nitrogen and oxygen atoms in total. The van der Waals surface area contributed by atoms with E-state index in [-0.39, 0.29) is 12.5 Å². The second kappa shape index (κ2) is 5.62. The lowest BCUT2D eigenvalue weighted by atomic mass is 9.67. The molecule has 0 saturated carbocycles. The smallest absolute Gasteiger partial charge is 0.404 e. The van der Waals surface area contributed by atoms with Crippen LogP contribution in [0.2, 0.25) is 0 Å². The van der Waals surface area contributed by atoms with Crippen molar-refractivity contribution in [2.75, 3.05) is 6.61 Å². The number of benzene rings is 1. The number of nitriles is 1. The third-order valence-corrected chi connectivity index (χ3v) is 4.70. The van der Waals surface area contributed by atoms with Crippen LogP contribution in [0.1, 0.15) is 49.8 Å². The molecule has 0 aromatic heterocycles. The Hall–Kier alpha value is -2.06. The van der Waals surface area contributed by atoms with Crippen molar-refractivity contribution in [2.45, 2.75) is 45.1 Å². The van der Waals surface area contributed by atoms with Gasteiger partial charge in [0.15, 0.2) is 0 Å². The van der Waals surface area contributed by atoms with Gasteiger partial charge in [-0.1, -0.05) is 32.9 Å². The van der Waals surface area contributed by atoms with E-state index in [2.05, 4.69) is 6.07 Å². The number of nitrogens with zero attached hydrogens (tertiary/aromatic N) is 1. The maximum atomic E-state index is 11.3. The second-order valence-electron chi connectivity index (χ2n) is 6.86. The maximum absolute atomic E-state index is 11.3. The number of primary amides is 1. The van der Waals surface area contributed by atoms with Crippen LogP contribution < -0.4 is 5.73 Å². The molecule has 0 heterocycles. The predicted octanol–water partition coefficient (Wildman–Crippen LogP) is 2.46. The van der Waals surface area contributed by atoms with E-state index in [0.29, 0.717) is 12.0 Å². The number of hydrogen-bond acceptors (Lipinski definition) is 4. The third-order valence-electron chi connectivity index (χ3n) is 4.70. The first-order valence-corrected chi connectivity index (χ1v) is 7.37. The lowest BCUT2D eigenvalue weighted by Crippen LogP contribution is -2.52. The number of aliphatic hydroxyl groups is 1. The Bertz CT molecular complexity index is 628. The van der Waals surface area contributed by atoms with Gasteiger partial charge in [0.05, 0.1) is 11.6 Å². The number of ether oxygens (including phenoxy) is 1. The van der Waals surface area contributed by atoms with E-state index in [1.54, 1.807) is 6.07 Å². The quantitative estimate of drug-likeness (QED) is 0.896. The normalized spacial score (nSPS) is 19.9. The van der Waals surface area contributed by atoms with Crippen LogP contribution in [-0.2, 0) is 11.2 Å². The Kier molecular flexibility index (Phi) is 4.17. The molecule has 2 rings (SSSR count). The van der Waals surface area contributed by atoms with E-state index >= 15 is 0 Å². The fraction of sp³-hybridized carbons (Fsp3) is 0.529. The Balaban J connectivity index is 2.45. The second-order valence-corrected chi connectivity index (χ2v) is 6.86. The topological polar surface area (TPSA) is 96.3 Å². The molecular weight excluding hydrogens is 280 g/mol. The highest BCUT2D eigenvalue weighted by atomic mass is 16.6. The fourth-order valence-electron chi connectivity index (χ4n) is 3.28. The number of nitrogens with two attached hydrogens (primary N) is 1. The van der Waals surface area contributed by atoms with Crippen LogP contribution in [0.3, 0.4) is 0 Å². The summed E-state index contributed by atoms with van der Waals surface area (Å²) in [6, 6.07) is 7.76. The lowest BCUT2D eigenvalue weighted by Gasteiger charge is -2.44. The summed E-state index contributed by atoms with van der Waals surface area (Å²) < 4.78 is 4.94. The van der Waals surface area contributed by atoms with Crippen LogP contribution in [0.5, 0.6) is 0 Å². The summed E-state index contributed by atoms with van der Waals surface area (Å²) in [5, 5.41) is 20.5. The molecule has 0 bridgehead atoms. The summed E-state index contributed by atoms with van der Waals surface area (Å²) in [5.41, 5.74) is 5.89. The molecule has 0 spiro atoms. The molecule has 0 saturated heterocycles. The van der Waals surface area contributed by atoms with E-state index in [1.165, 1.54) is 0 Å². The van der Waals surface area contributed by atoms with Crippen molar-refractivity contribution in [3.05, 3.63) is 34.9 Å². The molecule has 1 aliphatic rings. The molecule has 5 heteroatoms. The zero-order chi connectivity index (χ0) is 16.5. The average Bonchev–Trinajstić information content (AvgIpc) is 2.87. The number of rotatable bonds is 3. The number of carbonyl (C=O) groups excluding carboxylic acids is 1. The minimum atomic E-state index is -1.25. The number of amides is 1. The Labute approximate surface area is 130 Å².